The number of rotatable bonds is 5. The molecule has 1 aliphatic heterocycles. The zero-order chi connectivity index (χ0) is 16.9. The molecular formula is C18H25N5O. The van der Waals surface area contributed by atoms with Crippen LogP contribution in [-0.4, -0.2) is 46.3 Å². The summed E-state index contributed by atoms with van der Waals surface area (Å²) in [5.74, 6) is 1.62. The van der Waals surface area contributed by atoms with Crippen LogP contribution in [0.5, 0.6) is 0 Å². The zero-order valence-electron chi connectivity index (χ0n) is 14.4. The summed E-state index contributed by atoms with van der Waals surface area (Å²) in [6.07, 6.45) is 6.14. The number of hydrogen-bond donors (Lipinski definition) is 1. The maximum absolute atomic E-state index is 9.64. The molecule has 2 aromatic heterocycles. The fraction of sp³-hybridized carbons (Fsp3) is 0.500. The largest absolute Gasteiger partial charge is 0.393 e. The van der Waals surface area contributed by atoms with E-state index >= 15 is 0 Å². The van der Waals surface area contributed by atoms with Gasteiger partial charge in [0.15, 0.2) is 0 Å². The van der Waals surface area contributed by atoms with Gasteiger partial charge in [-0.2, -0.15) is 4.98 Å². The first-order valence-corrected chi connectivity index (χ1v) is 8.56. The van der Waals surface area contributed by atoms with Crippen molar-refractivity contribution in [3.8, 4) is 0 Å². The normalized spacial score (nSPS) is 15.5. The Hall–Kier alpha value is -2.21. The highest BCUT2D eigenvalue weighted by atomic mass is 16.3. The third-order valence-electron chi connectivity index (χ3n) is 4.45. The molecule has 6 heteroatoms. The van der Waals surface area contributed by atoms with Gasteiger partial charge in [0.2, 0.25) is 5.95 Å². The molecule has 0 aliphatic carbocycles. The Morgan fingerprint density at radius 1 is 1.21 bits per heavy atom. The van der Waals surface area contributed by atoms with Gasteiger partial charge in [0.1, 0.15) is 5.82 Å². The molecule has 24 heavy (non-hydrogen) atoms. The highest BCUT2D eigenvalue weighted by molar-refractivity contribution is 5.44. The third-order valence-corrected chi connectivity index (χ3v) is 4.45. The molecule has 0 aromatic carbocycles. The van der Waals surface area contributed by atoms with E-state index in [2.05, 4.69) is 38.9 Å². The number of piperidine rings is 1. The molecule has 0 unspecified atom stereocenters. The molecule has 0 bridgehead atoms. The monoisotopic (exact) mass is 327 g/mol. The Kier molecular flexibility index (Phi) is 5.25. The van der Waals surface area contributed by atoms with Crippen LogP contribution in [0.25, 0.3) is 0 Å². The van der Waals surface area contributed by atoms with Crippen molar-refractivity contribution in [2.24, 2.45) is 0 Å². The lowest BCUT2D eigenvalue weighted by molar-refractivity contribution is 0.145. The maximum atomic E-state index is 9.64. The van der Waals surface area contributed by atoms with Crippen LogP contribution in [0.2, 0.25) is 0 Å². The van der Waals surface area contributed by atoms with E-state index < -0.39 is 0 Å². The minimum absolute atomic E-state index is 0.178. The average molecular weight is 327 g/mol. The molecule has 0 amide bonds. The van der Waals surface area contributed by atoms with Crippen LogP contribution in [-0.2, 0) is 13.0 Å². The summed E-state index contributed by atoms with van der Waals surface area (Å²) in [7, 11) is 1.98. The van der Waals surface area contributed by atoms with Gasteiger partial charge in [0.25, 0.3) is 0 Å². The molecule has 1 aliphatic rings. The summed E-state index contributed by atoms with van der Waals surface area (Å²) in [6.45, 7) is 4.47. The molecule has 0 atom stereocenters. The maximum Gasteiger partial charge on any atom is 0.227 e. The summed E-state index contributed by atoms with van der Waals surface area (Å²) < 4.78 is 0. The van der Waals surface area contributed by atoms with Gasteiger partial charge in [-0.1, -0.05) is 13.0 Å². The van der Waals surface area contributed by atoms with Crippen molar-refractivity contribution in [2.75, 3.05) is 29.9 Å². The van der Waals surface area contributed by atoms with Crippen LogP contribution in [0, 0.1) is 0 Å². The van der Waals surface area contributed by atoms with Gasteiger partial charge in [0, 0.05) is 32.5 Å². The number of aromatic nitrogens is 3. The summed E-state index contributed by atoms with van der Waals surface area (Å²) in [5, 5.41) is 9.64. The first kappa shape index (κ1) is 16.6. The molecule has 3 heterocycles. The predicted molar refractivity (Wildman–Crippen MR) is 95.2 cm³/mol. The second-order valence-corrected chi connectivity index (χ2v) is 6.30. The average Bonchev–Trinajstić information content (AvgIpc) is 2.63. The minimum Gasteiger partial charge on any atom is -0.393 e. The van der Waals surface area contributed by atoms with Gasteiger partial charge in [-0.05, 0) is 37.0 Å². The molecule has 0 radical (unpaired) electrons. The minimum atomic E-state index is -0.178. The topological polar surface area (TPSA) is 65.4 Å². The fourth-order valence-electron chi connectivity index (χ4n) is 2.87. The predicted octanol–water partition coefficient (Wildman–Crippen LogP) is 2.03. The first-order valence-electron chi connectivity index (χ1n) is 8.56. The lowest BCUT2D eigenvalue weighted by Gasteiger charge is -2.31. The van der Waals surface area contributed by atoms with Gasteiger partial charge in [-0.3, -0.25) is 4.98 Å². The first-order chi connectivity index (χ1) is 11.7. The Balaban J connectivity index is 1.68. The zero-order valence-corrected chi connectivity index (χ0v) is 14.4. The third kappa shape index (κ3) is 4.00. The summed E-state index contributed by atoms with van der Waals surface area (Å²) in [4.78, 5) is 17.8. The quantitative estimate of drug-likeness (QED) is 0.906. The molecule has 3 rings (SSSR count). The highest BCUT2D eigenvalue weighted by Gasteiger charge is 2.19. The highest BCUT2D eigenvalue weighted by Crippen LogP contribution is 2.20. The van der Waals surface area contributed by atoms with Gasteiger partial charge in [-0.25, -0.2) is 4.98 Å². The fourth-order valence-corrected chi connectivity index (χ4v) is 2.87. The SMILES string of the molecule is CCc1ccc(CN(C)c2nccc(N3CCC(O)CC3)n2)nc1. The van der Waals surface area contributed by atoms with Crippen molar-refractivity contribution in [1.82, 2.24) is 15.0 Å². The molecule has 0 saturated carbocycles. The van der Waals surface area contributed by atoms with Crippen LogP contribution in [0.4, 0.5) is 11.8 Å². The van der Waals surface area contributed by atoms with E-state index in [-0.39, 0.29) is 6.10 Å². The second-order valence-electron chi connectivity index (χ2n) is 6.30. The Bertz CT molecular complexity index is 653. The van der Waals surface area contributed by atoms with Gasteiger partial charge in [-0.15, -0.1) is 0 Å². The summed E-state index contributed by atoms with van der Waals surface area (Å²) in [5.41, 5.74) is 2.25. The van der Waals surface area contributed by atoms with Crippen molar-refractivity contribution in [3.63, 3.8) is 0 Å². The van der Waals surface area contributed by atoms with Crippen molar-refractivity contribution < 1.29 is 5.11 Å². The van der Waals surface area contributed by atoms with Crippen LogP contribution < -0.4 is 9.80 Å². The van der Waals surface area contributed by atoms with E-state index in [4.69, 9.17) is 0 Å². The molecule has 2 aromatic rings. The van der Waals surface area contributed by atoms with Crippen molar-refractivity contribution in [2.45, 2.75) is 38.8 Å². The number of nitrogens with zero attached hydrogens (tertiary/aromatic N) is 5. The van der Waals surface area contributed by atoms with Crippen molar-refractivity contribution >= 4 is 11.8 Å². The number of aryl methyl sites for hydroxylation is 1. The van der Waals surface area contributed by atoms with Gasteiger partial charge < -0.3 is 14.9 Å². The molecule has 0 spiro atoms. The summed E-state index contributed by atoms with van der Waals surface area (Å²) >= 11 is 0. The standard InChI is InChI=1S/C18H25N5O/c1-3-14-4-5-15(20-12-14)13-22(2)18-19-9-6-17(21-18)23-10-7-16(24)8-11-23/h4-6,9,12,16,24H,3,7-8,10-11,13H2,1-2H3. The Labute approximate surface area is 143 Å². The number of hydrogen-bond acceptors (Lipinski definition) is 6. The number of aliphatic hydroxyl groups excluding tert-OH is 1. The molecule has 1 N–H and O–H groups in total. The lowest BCUT2D eigenvalue weighted by atomic mass is 10.1. The smallest absolute Gasteiger partial charge is 0.227 e. The van der Waals surface area contributed by atoms with Gasteiger partial charge >= 0.3 is 0 Å². The molecule has 1 saturated heterocycles. The molecule has 6 nitrogen and oxygen atoms in total. The lowest BCUT2D eigenvalue weighted by Crippen LogP contribution is -2.36. The Morgan fingerprint density at radius 2 is 2.00 bits per heavy atom. The van der Waals surface area contributed by atoms with Crippen LogP contribution >= 0.6 is 0 Å². The molecule has 1 fully saturated rings. The van der Waals surface area contributed by atoms with Crippen LogP contribution in [0.15, 0.2) is 30.6 Å². The van der Waals surface area contributed by atoms with E-state index in [1.54, 1.807) is 6.20 Å². The molecule has 128 valence electrons. The number of anilines is 2. The second kappa shape index (κ2) is 7.57. The number of aliphatic hydroxyl groups is 1. The van der Waals surface area contributed by atoms with E-state index in [9.17, 15) is 5.11 Å². The molecular weight excluding hydrogens is 302 g/mol. The van der Waals surface area contributed by atoms with E-state index in [1.807, 2.05) is 24.2 Å². The van der Waals surface area contributed by atoms with E-state index in [0.29, 0.717) is 12.5 Å². The van der Waals surface area contributed by atoms with Crippen LogP contribution in [0.3, 0.4) is 0 Å². The summed E-state index contributed by atoms with van der Waals surface area (Å²) in [6, 6.07) is 6.11. The van der Waals surface area contributed by atoms with Crippen molar-refractivity contribution in [3.05, 3.63) is 41.9 Å². The number of pyridine rings is 1. The van der Waals surface area contributed by atoms with Gasteiger partial charge in [0.05, 0.1) is 18.3 Å². The van der Waals surface area contributed by atoms with Crippen molar-refractivity contribution in [1.29, 1.82) is 0 Å². The van der Waals surface area contributed by atoms with E-state index in [0.717, 1.165) is 43.9 Å². The Morgan fingerprint density at radius 3 is 2.67 bits per heavy atom. The van der Waals surface area contributed by atoms with E-state index in [1.165, 1.54) is 5.56 Å². The van der Waals surface area contributed by atoms with Crippen LogP contribution in [0.1, 0.15) is 31.0 Å².